The summed E-state index contributed by atoms with van der Waals surface area (Å²) in [5.74, 6) is -0.175. The number of hydrogen-bond acceptors (Lipinski definition) is 5. The fraction of sp³-hybridized carbons (Fsp3) is 0.556. The van der Waals surface area contributed by atoms with Gasteiger partial charge in [-0.2, -0.15) is 4.72 Å². The van der Waals surface area contributed by atoms with E-state index in [4.69, 9.17) is 4.74 Å². The topological polar surface area (TPSA) is 114 Å². The number of sulfonamides is 1. The largest absolute Gasteiger partial charge is 0.497 e. The predicted octanol–water partition coefficient (Wildman–Crippen LogP) is 0.783. The molecule has 1 fully saturated rings. The van der Waals surface area contributed by atoms with E-state index in [1.54, 1.807) is 0 Å². The highest BCUT2D eigenvalue weighted by atomic mass is 32.2. The lowest BCUT2D eigenvalue weighted by molar-refractivity contribution is -0.127. The predicted molar refractivity (Wildman–Crippen MR) is 101 cm³/mol. The number of carbonyl (C=O) groups is 2. The lowest BCUT2D eigenvalue weighted by atomic mass is 10.0. The third kappa shape index (κ3) is 6.84. The lowest BCUT2D eigenvalue weighted by Gasteiger charge is -2.20. The highest BCUT2D eigenvalue weighted by Crippen LogP contribution is 2.18. The maximum Gasteiger partial charge on any atom is 0.241 e. The molecule has 0 aliphatic heterocycles. The SMILES string of the molecule is COc1ccc(S(=O)(=O)N[C@@H](CC(C)C)C(=O)NCC(=O)NC2CC2)cc1. The molecule has 0 bridgehead atoms. The van der Waals surface area contributed by atoms with Crippen LogP contribution in [0.5, 0.6) is 5.75 Å². The highest BCUT2D eigenvalue weighted by molar-refractivity contribution is 7.89. The molecule has 150 valence electrons. The van der Waals surface area contributed by atoms with E-state index in [9.17, 15) is 18.0 Å². The molecule has 1 aromatic rings. The van der Waals surface area contributed by atoms with Crippen molar-refractivity contribution in [2.75, 3.05) is 13.7 Å². The van der Waals surface area contributed by atoms with E-state index in [0.29, 0.717) is 12.2 Å². The number of hydrogen-bond donors (Lipinski definition) is 3. The fourth-order valence-electron chi connectivity index (χ4n) is 2.49. The van der Waals surface area contributed by atoms with Crippen molar-refractivity contribution in [1.29, 1.82) is 0 Å². The quantitative estimate of drug-likeness (QED) is 0.540. The molecule has 0 saturated heterocycles. The summed E-state index contributed by atoms with van der Waals surface area (Å²) in [6, 6.07) is 5.13. The van der Waals surface area contributed by atoms with Crippen molar-refractivity contribution in [3.8, 4) is 5.75 Å². The molecule has 0 unspecified atom stereocenters. The maximum absolute atomic E-state index is 12.6. The number of methoxy groups -OCH3 is 1. The molecule has 0 spiro atoms. The van der Waals surface area contributed by atoms with Crippen molar-refractivity contribution in [2.45, 2.75) is 50.1 Å². The molecule has 1 saturated carbocycles. The van der Waals surface area contributed by atoms with Crippen LogP contribution in [0.15, 0.2) is 29.2 Å². The summed E-state index contributed by atoms with van der Waals surface area (Å²) in [5, 5.41) is 5.29. The second kappa shape index (κ2) is 9.18. The smallest absolute Gasteiger partial charge is 0.241 e. The first-order valence-corrected chi connectivity index (χ1v) is 10.4. The van der Waals surface area contributed by atoms with Gasteiger partial charge in [-0.25, -0.2) is 8.42 Å². The molecule has 1 aromatic carbocycles. The van der Waals surface area contributed by atoms with Gasteiger partial charge in [0.2, 0.25) is 21.8 Å². The summed E-state index contributed by atoms with van der Waals surface area (Å²) in [6.07, 6.45) is 2.22. The minimum absolute atomic E-state index is 0.0383. The third-order valence-corrected chi connectivity index (χ3v) is 5.54. The molecule has 2 rings (SSSR count). The van der Waals surface area contributed by atoms with Gasteiger partial charge in [-0.05, 0) is 49.4 Å². The van der Waals surface area contributed by atoms with E-state index >= 15 is 0 Å². The maximum atomic E-state index is 12.6. The summed E-state index contributed by atoms with van der Waals surface area (Å²) in [6.45, 7) is 3.61. The Morgan fingerprint density at radius 2 is 1.81 bits per heavy atom. The van der Waals surface area contributed by atoms with E-state index in [-0.39, 0.29) is 29.3 Å². The number of amides is 2. The third-order valence-electron chi connectivity index (χ3n) is 4.06. The zero-order valence-electron chi connectivity index (χ0n) is 15.8. The van der Waals surface area contributed by atoms with Crippen LogP contribution in [-0.4, -0.2) is 46.0 Å². The van der Waals surface area contributed by atoms with Crippen LogP contribution in [0, 0.1) is 5.92 Å². The fourth-order valence-corrected chi connectivity index (χ4v) is 3.70. The monoisotopic (exact) mass is 397 g/mol. The van der Waals surface area contributed by atoms with Gasteiger partial charge in [0, 0.05) is 6.04 Å². The van der Waals surface area contributed by atoms with Crippen LogP contribution in [0.1, 0.15) is 33.1 Å². The molecule has 27 heavy (non-hydrogen) atoms. The molecule has 9 heteroatoms. The number of carbonyl (C=O) groups excluding carboxylic acids is 2. The zero-order valence-corrected chi connectivity index (χ0v) is 16.6. The van der Waals surface area contributed by atoms with Crippen molar-refractivity contribution in [2.24, 2.45) is 5.92 Å². The first-order chi connectivity index (χ1) is 12.7. The van der Waals surface area contributed by atoms with Gasteiger partial charge >= 0.3 is 0 Å². The molecule has 0 heterocycles. The van der Waals surface area contributed by atoms with Gasteiger partial charge in [0.15, 0.2) is 0 Å². The summed E-state index contributed by atoms with van der Waals surface area (Å²) >= 11 is 0. The van der Waals surface area contributed by atoms with E-state index < -0.39 is 22.0 Å². The molecule has 2 amide bonds. The first-order valence-electron chi connectivity index (χ1n) is 8.94. The summed E-state index contributed by atoms with van der Waals surface area (Å²) < 4.78 is 32.7. The molecule has 3 N–H and O–H groups in total. The lowest BCUT2D eigenvalue weighted by Crippen LogP contribution is -2.49. The van der Waals surface area contributed by atoms with Gasteiger partial charge in [0.05, 0.1) is 18.6 Å². The van der Waals surface area contributed by atoms with Crippen molar-refractivity contribution in [3.63, 3.8) is 0 Å². The second-order valence-corrected chi connectivity index (χ2v) is 8.75. The van der Waals surface area contributed by atoms with Gasteiger partial charge in [-0.3, -0.25) is 9.59 Å². The van der Waals surface area contributed by atoms with Crippen LogP contribution in [0.25, 0.3) is 0 Å². The number of nitrogens with one attached hydrogen (secondary N) is 3. The van der Waals surface area contributed by atoms with Crippen LogP contribution in [-0.2, 0) is 19.6 Å². The van der Waals surface area contributed by atoms with Crippen molar-refractivity contribution >= 4 is 21.8 Å². The first kappa shape index (κ1) is 21.2. The van der Waals surface area contributed by atoms with Crippen molar-refractivity contribution in [3.05, 3.63) is 24.3 Å². The van der Waals surface area contributed by atoms with Crippen LogP contribution < -0.4 is 20.1 Å². The van der Waals surface area contributed by atoms with Gasteiger partial charge in [0.1, 0.15) is 11.8 Å². The summed E-state index contributed by atoms with van der Waals surface area (Å²) in [7, 11) is -2.40. The highest BCUT2D eigenvalue weighted by Gasteiger charge is 2.28. The van der Waals surface area contributed by atoms with E-state index in [2.05, 4.69) is 15.4 Å². The Bertz CT molecular complexity index is 758. The Labute approximate surface area is 160 Å². The van der Waals surface area contributed by atoms with Gasteiger partial charge in [-0.15, -0.1) is 0 Å². The number of rotatable bonds is 10. The summed E-state index contributed by atoms with van der Waals surface area (Å²) in [5.41, 5.74) is 0. The van der Waals surface area contributed by atoms with Crippen LogP contribution in [0.4, 0.5) is 0 Å². The average molecular weight is 397 g/mol. The molecule has 1 aliphatic rings. The molecule has 1 atom stereocenters. The van der Waals surface area contributed by atoms with Gasteiger partial charge in [0.25, 0.3) is 0 Å². The van der Waals surface area contributed by atoms with Crippen LogP contribution in [0.3, 0.4) is 0 Å². The zero-order chi connectivity index (χ0) is 20.0. The Hall–Kier alpha value is -2.13. The van der Waals surface area contributed by atoms with Crippen LogP contribution in [0.2, 0.25) is 0 Å². The Balaban J connectivity index is 2.02. The number of ether oxygens (including phenoxy) is 1. The average Bonchev–Trinajstić information content (AvgIpc) is 3.42. The van der Waals surface area contributed by atoms with Gasteiger partial charge < -0.3 is 15.4 Å². The van der Waals surface area contributed by atoms with E-state index in [0.717, 1.165) is 12.8 Å². The van der Waals surface area contributed by atoms with Gasteiger partial charge in [-0.1, -0.05) is 13.8 Å². The molecule has 8 nitrogen and oxygen atoms in total. The molecular formula is C18H27N3O5S. The van der Waals surface area contributed by atoms with Crippen molar-refractivity contribution in [1.82, 2.24) is 15.4 Å². The second-order valence-electron chi connectivity index (χ2n) is 7.04. The Kier molecular flexibility index (Phi) is 7.20. The number of benzene rings is 1. The van der Waals surface area contributed by atoms with E-state index in [1.807, 2.05) is 13.8 Å². The normalized spacial score (nSPS) is 15.3. The molecular weight excluding hydrogens is 370 g/mol. The molecule has 1 aliphatic carbocycles. The minimum atomic E-state index is -3.89. The molecule has 0 aromatic heterocycles. The minimum Gasteiger partial charge on any atom is -0.497 e. The Morgan fingerprint density at radius 3 is 2.33 bits per heavy atom. The van der Waals surface area contributed by atoms with Crippen LogP contribution >= 0.6 is 0 Å². The molecule has 0 radical (unpaired) electrons. The van der Waals surface area contributed by atoms with Crippen molar-refractivity contribution < 1.29 is 22.7 Å². The Morgan fingerprint density at radius 1 is 1.19 bits per heavy atom. The standard InChI is InChI=1S/C18H27N3O5S/c1-12(2)10-16(18(23)19-11-17(22)20-13-4-5-13)21-27(24,25)15-8-6-14(26-3)7-9-15/h6-9,12-13,16,21H,4-5,10-11H2,1-3H3,(H,19,23)(H,20,22)/t16-/m0/s1. The summed E-state index contributed by atoms with van der Waals surface area (Å²) in [4.78, 5) is 24.2. The van der Waals surface area contributed by atoms with E-state index in [1.165, 1.54) is 31.4 Å².